The van der Waals surface area contributed by atoms with Gasteiger partial charge in [0.25, 0.3) is 0 Å². The molecule has 0 N–H and O–H groups in total. The third kappa shape index (κ3) is 4.05. The Morgan fingerprint density at radius 1 is 1.05 bits per heavy atom. The number of benzene rings is 1. The fourth-order valence-corrected chi connectivity index (χ4v) is 2.66. The second-order valence-corrected chi connectivity index (χ2v) is 5.70. The molecular weight excluding hydrogens is 232 g/mol. The van der Waals surface area contributed by atoms with Crippen LogP contribution in [0.3, 0.4) is 0 Å². The van der Waals surface area contributed by atoms with Crippen molar-refractivity contribution in [1.29, 1.82) is 0 Å². The summed E-state index contributed by atoms with van der Waals surface area (Å²) >= 11 is 0. The molecule has 0 aromatic heterocycles. The monoisotopic (exact) mass is 256 g/mol. The Morgan fingerprint density at radius 2 is 1.84 bits per heavy atom. The lowest BCUT2D eigenvalue weighted by atomic mass is 9.93. The average Bonchev–Trinajstić information content (AvgIpc) is 2.33. The molecule has 0 bridgehead atoms. The number of carbonyl (C=O) groups excluding carboxylic acids is 1. The Morgan fingerprint density at radius 3 is 2.63 bits per heavy atom. The summed E-state index contributed by atoms with van der Waals surface area (Å²) in [6.07, 6.45) is 9.79. The van der Waals surface area contributed by atoms with Crippen LogP contribution in [0.5, 0.6) is 0 Å². The summed E-state index contributed by atoms with van der Waals surface area (Å²) in [4.78, 5) is 12.4. The van der Waals surface area contributed by atoms with Gasteiger partial charge in [-0.15, -0.1) is 0 Å². The molecule has 0 unspecified atom stereocenters. The highest BCUT2D eigenvalue weighted by Gasteiger charge is 2.12. The Balaban J connectivity index is 2.04. The molecule has 0 aliphatic heterocycles. The summed E-state index contributed by atoms with van der Waals surface area (Å²) < 4.78 is 0. The van der Waals surface area contributed by atoms with Gasteiger partial charge in [-0.1, -0.05) is 37.1 Å². The quantitative estimate of drug-likeness (QED) is 0.766. The largest absolute Gasteiger partial charge is 0.294 e. The van der Waals surface area contributed by atoms with Gasteiger partial charge in [-0.2, -0.15) is 0 Å². The third-order valence-corrected chi connectivity index (χ3v) is 4.09. The van der Waals surface area contributed by atoms with Gasteiger partial charge in [0.1, 0.15) is 0 Å². The van der Waals surface area contributed by atoms with Crippen LogP contribution in [0, 0.1) is 13.8 Å². The fraction of sp³-hybridized carbons (Fsp3) is 0.500. The lowest BCUT2D eigenvalue weighted by Crippen LogP contribution is -2.08. The van der Waals surface area contributed by atoms with Crippen molar-refractivity contribution in [1.82, 2.24) is 0 Å². The molecule has 1 aliphatic rings. The van der Waals surface area contributed by atoms with Gasteiger partial charge in [-0.05, 0) is 61.8 Å². The van der Waals surface area contributed by atoms with E-state index in [1.54, 1.807) is 0 Å². The van der Waals surface area contributed by atoms with Crippen molar-refractivity contribution in [3.63, 3.8) is 0 Å². The molecule has 102 valence electrons. The summed E-state index contributed by atoms with van der Waals surface area (Å²) in [5.41, 5.74) is 4.78. The number of hydrogen-bond donors (Lipinski definition) is 0. The highest BCUT2D eigenvalue weighted by atomic mass is 16.1. The molecule has 0 amide bonds. The van der Waals surface area contributed by atoms with Gasteiger partial charge in [0.05, 0.1) is 0 Å². The van der Waals surface area contributed by atoms with E-state index in [2.05, 4.69) is 38.1 Å². The molecule has 0 heterocycles. The number of Topliss-reactive ketones (excluding diaryl/α,β-unsaturated/α-hetero) is 1. The molecule has 0 radical (unpaired) electrons. The van der Waals surface area contributed by atoms with Crippen LogP contribution >= 0.6 is 0 Å². The van der Waals surface area contributed by atoms with Crippen molar-refractivity contribution in [3.05, 3.63) is 46.5 Å². The number of rotatable bonds is 3. The number of ketones is 1. The summed E-state index contributed by atoms with van der Waals surface area (Å²) in [5, 5.41) is 0. The number of carbonyl (C=O) groups is 1. The van der Waals surface area contributed by atoms with E-state index in [1.807, 2.05) is 0 Å². The highest BCUT2D eigenvalue weighted by molar-refractivity contribution is 5.96. The predicted molar refractivity (Wildman–Crippen MR) is 80.4 cm³/mol. The van der Waals surface area contributed by atoms with E-state index < -0.39 is 0 Å². The maximum Gasteiger partial charge on any atom is 0.162 e. The first-order valence-electron chi connectivity index (χ1n) is 7.45. The van der Waals surface area contributed by atoms with Crippen molar-refractivity contribution in [2.45, 2.75) is 58.8 Å². The SMILES string of the molecule is Cc1ccc(CC(=O)/C2=C/CCCCCC2)cc1C. The average molecular weight is 256 g/mol. The van der Waals surface area contributed by atoms with Crippen LogP contribution in [-0.2, 0) is 11.2 Å². The zero-order valence-corrected chi connectivity index (χ0v) is 12.2. The van der Waals surface area contributed by atoms with E-state index in [-0.39, 0.29) is 0 Å². The molecule has 1 aromatic carbocycles. The third-order valence-electron chi connectivity index (χ3n) is 4.09. The molecule has 1 nitrogen and oxygen atoms in total. The van der Waals surface area contributed by atoms with Gasteiger partial charge in [-0.3, -0.25) is 4.79 Å². The fourth-order valence-electron chi connectivity index (χ4n) is 2.66. The minimum Gasteiger partial charge on any atom is -0.294 e. The van der Waals surface area contributed by atoms with Crippen LogP contribution in [0.2, 0.25) is 0 Å². The molecule has 0 atom stereocenters. The molecule has 0 saturated carbocycles. The minimum atomic E-state index is 0.324. The minimum absolute atomic E-state index is 0.324. The molecule has 2 rings (SSSR count). The standard InChI is InChI=1S/C18H24O/c1-14-10-11-16(12-15(14)2)13-18(19)17-8-6-4-3-5-7-9-17/h8,10-12H,3-7,9,13H2,1-2H3/b17-8+. The molecule has 19 heavy (non-hydrogen) atoms. The molecule has 1 heteroatoms. The molecule has 1 aromatic rings. The van der Waals surface area contributed by atoms with Gasteiger partial charge in [0.2, 0.25) is 0 Å². The van der Waals surface area contributed by atoms with Crippen molar-refractivity contribution in [2.24, 2.45) is 0 Å². The van der Waals surface area contributed by atoms with Gasteiger partial charge in [-0.25, -0.2) is 0 Å². The van der Waals surface area contributed by atoms with Gasteiger partial charge >= 0.3 is 0 Å². The van der Waals surface area contributed by atoms with E-state index in [9.17, 15) is 4.79 Å². The summed E-state index contributed by atoms with van der Waals surface area (Å²) in [7, 11) is 0. The zero-order chi connectivity index (χ0) is 13.7. The van der Waals surface area contributed by atoms with Gasteiger partial charge in [0.15, 0.2) is 5.78 Å². The second-order valence-electron chi connectivity index (χ2n) is 5.70. The maximum absolute atomic E-state index is 12.4. The molecule has 0 saturated heterocycles. The van der Waals surface area contributed by atoms with Crippen molar-refractivity contribution in [3.8, 4) is 0 Å². The molecule has 0 spiro atoms. The van der Waals surface area contributed by atoms with Crippen LogP contribution in [0.25, 0.3) is 0 Å². The first-order chi connectivity index (χ1) is 9.16. The molecule has 1 aliphatic carbocycles. The van der Waals surface area contributed by atoms with Gasteiger partial charge in [0, 0.05) is 6.42 Å². The van der Waals surface area contributed by atoms with Gasteiger partial charge < -0.3 is 0 Å². The Hall–Kier alpha value is -1.37. The normalized spacial score (nSPS) is 19.2. The van der Waals surface area contributed by atoms with Crippen LogP contribution in [0.4, 0.5) is 0 Å². The van der Waals surface area contributed by atoms with Crippen LogP contribution in [0.15, 0.2) is 29.8 Å². The number of allylic oxidation sites excluding steroid dienone is 2. The topological polar surface area (TPSA) is 17.1 Å². The summed E-state index contributed by atoms with van der Waals surface area (Å²) in [6, 6.07) is 6.35. The highest BCUT2D eigenvalue weighted by Crippen LogP contribution is 2.19. The lowest BCUT2D eigenvalue weighted by Gasteiger charge is -2.11. The summed E-state index contributed by atoms with van der Waals surface area (Å²) in [6.45, 7) is 4.22. The molecular formula is C18H24O. The Kier molecular flexibility index (Phi) is 4.95. The zero-order valence-electron chi connectivity index (χ0n) is 12.2. The van der Waals surface area contributed by atoms with E-state index in [0.29, 0.717) is 12.2 Å². The van der Waals surface area contributed by atoms with Crippen LogP contribution in [-0.4, -0.2) is 5.78 Å². The van der Waals surface area contributed by atoms with E-state index in [1.165, 1.54) is 36.8 Å². The first-order valence-corrected chi connectivity index (χ1v) is 7.45. The Bertz CT molecular complexity index is 482. The second kappa shape index (κ2) is 6.70. The van der Waals surface area contributed by atoms with Crippen molar-refractivity contribution >= 4 is 5.78 Å². The number of aryl methyl sites for hydroxylation is 2. The van der Waals surface area contributed by atoms with Crippen LogP contribution < -0.4 is 0 Å². The number of hydrogen-bond acceptors (Lipinski definition) is 1. The molecule has 0 fully saturated rings. The lowest BCUT2D eigenvalue weighted by molar-refractivity contribution is -0.115. The van der Waals surface area contributed by atoms with E-state index in [0.717, 1.165) is 24.0 Å². The van der Waals surface area contributed by atoms with Crippen molar-refractivity contribution < 1.29 is 4.79 Å². The Labute approximate surface area is 116 Å². The van der Waals surface area contributed by atoms with Crippen molar-refractivity contribution in [2.75, 3.05) is 0 Å². The summed E-state index contributed by atoms with van der Waals surface area (Å²) in [5.74, 6) is 0.324. The maximum atomic E-state index is 12.4. The predicted octanol–water partition coefficient (Wildman–Crippen LogP) is 4.70. The van der Waals surface area contributed by atoms with E-state index in [4.69, 9.17) is 0 Å². The first kappa shape index (κ1) is 14.0. The smallest absolute Gasteiger partial charge is 0.162 e. The van der Waals surface area contributed by atoms with Crippen LogP contribution in [0.1, 0.15) is 55.2 Å². The van der Waals surface area contributed by atoms with E-state index >= 15 is 0 Å².